The number of hydrogen-bond donors (Lipinski definition) is 0. The maximum absolute atomic E-state index is 13.6. The third-order valence-corrected chi connectivity index (χ3v) is 6.59. The molecule has 1 saturated carbocycles. The van der Waals surface area contributed by atoms with Gasteiger partial charge in [-0.15, -0.1) is 0 Å². The maximum Gasteiger partial charge on any atom is 0.275 e. The smallest absolute Gasteiger partial charge is 0.275 e. The fourth-order valence-electron chi connectivity index (χ4n) is 4.84. The number of carbonyl (C=O) groups excluding carboxylic acids is 1. The summed E-state index contributed by atoms with van der Waals surface area (Å²) in [5.74, 6) is 0.638. The highest BCUT2D eigenvalue weighted by atomic mass is 16.3. The van der Waals surface area contributed by atoms with Crippen molar-refractivity contribution in [1.82, 2.24) is 19.7 Å². The molecule has 1 aliphatic rings. The van der Waals surface area contributed by atoms with Gasteiger partial charge in [0.2, 0.25) is 5.91 Å². The Balaban J connectivity index is 1.48. The van der Waals surface area contributed by atoms with Crippen LogP contribution in [0.4, 0.5) is 0 Å². The third-order valence-electron chi connectivity index (χ3n) is 6.59. The molecular weight excluding hydrogens is 428 g/mol. The number of aromatic nitrogens is 3. The normalized spacial score (nSPS) is 14.4. The molecule has 174 valence electrons. The van der Waals surface area contributed by atoms with Crippen LogP contribution in [0, 0.1) is 0 Å². The van der Waals surface area contributed by atoms with Crippen LogP contribution in [0.5, 0.6) is 0 Å². The van der Waals surface area contributed by atoms with Crippen LogP contribution >= 0.6 is 0 Å². The first-order chi connectivity index (χ1) is 16.7. The van der Waals surface area contributed by atoms with Crippen LogP contribution in [0.2, 0.25) is 0 Å². The van der Waals surface area contributed by atoms with Gasteiger partial charge in [0.15, 0.2) is 0 Å². The summed E-state index contributed by atoms with van der Waals surface area (Å²) in [4.78, 5) is 32.8. The Hall–Kier alpha value is -3.74. The first-order valence-electron chi connectivity index (χ1n) is 11.9. The molecule has 7 nitrogen and oxygen atoms in total. The summed E-state index contributed by atoms with van der Waals surface area (Å²) in [6.45, 7) is 0.312. The zero-order chi connectivity index (χ0) is 23.3. The Morgan fingerprint density at radius 3 is 2.50 bits per heavy atom. The van der Waals surface area contributed by atoms with E-state index in [1.165, 1.54) is 11.1 Å². The molecule has 5 rings (SSSR count). The van der Waals surface area contributed by atoms with Crippen LogP contribution in [0.1, 0.15) is 49.1 Å². The lowest BCUT2D eigenvalue weighted by atomic mass is 9.94. The van der Waals surface area contributed by atoms with Gasteiger partial charge in [-0.25, -0.2) is 4.68 Å². The zero-order valence-electron chi connectivity index (χ0n) is 19.1. The second kappa shape index (κ2) is 10.0. The molecule has 34 heavy (non-hydrogen) atoms. The number of carbonyl (C=O) groups is 1. The molecule has 0 atom stereocenters. The number of fused-ring (bicyclic) bond motifs is 1. The van der Waals surface area contributed by atoms with Gasteiger partial charge < -0.3 is 9.32 Å². The molecule has 7 heteroatoms. The average molecular weight is 457 g/mol. The van der Waals surface area contributed by atoms with Crippen molar-refractivity contribution in [2.24, 2.45) is 0 Å². The van der Waals surface area contributed by atoms with Crippen LogP contribution in [-0.2, 0) is 24.3 Å². The minimum Gasteiger partial charge on any atom is -0.467 e. The van der Waals surface area contributed by atoms with Gasteiger partial charge >= 0.3 is 0 Å². The summed E-state index contributed by atoms with van der Waals surface area (Å²) < 4.78 is 6.87. The van der Waals surface area contributed by atoms with Crippen molar-refractivity contribution in [1.29, 1.82) is 0 Å². The maximum atomic E-state index is 13.6. The number of hydrogen-bond acceptors (Lipinski definition) is 5. The summed E-state index contributed by atoms with van der Waals surface area (Å²) >= 11 is 0. The van der Waals surface area contributed by atoms with Crippen molar-refractivity contribution in [3.05, 3.63) is 94.6 Å². The lowest BCUT2D eigenvalue weighted by molar-refractivity contribution is -0.136. The molecule has 0 aliphatic heterocycles. The SMILES string of the molecule is O=C(Cn1nc(Cc2ccncc2)c2ccccc2c1=O)N(Cc1ccco1)C1CCCCC1. The first-order valence-corrected chi connectivity index (χ1v) is 11.9. The Morgan fingerprint density at radius 2 is 1.76 bits per heavy atom. The molecule has 0 unspecified atom stereocenters. The van der Waals surface area contributed by atoms with Gasteiger partial charge in [-0.1, -0.05) is 37.5 Å². The van der Waals surface area contributed by atoms with E-state index in [1.54, 1.807) is 24.7 Å². The molecule has 1 aliphatic carbocycles. The molecule has 0 spiro atoms. The van der Waals surface area contributed by atoms with Crippen LogP contribution in [0.3, 0.4) is 0 Å². The zero-order valence-corrected chi connectivity index (χ0v) is 19.1. The van der Waals surface area contributed by atoms with Gasteiger partial charge in [0.25, 0.3) is 5.56 Å². The van der Waals surface area contributed by atoms with Crippen molar-refractivity contribution in [3.8, 4) is 0 Å². The molecule has 0 bridgehead atoms. The van der Waals surface area contributed by atoms with Gasteiger partial charge in [-0.3, -0.25) is 14.6 Å². The van der Waals surface area contributed by atoms with Gasteiger partial charge in [-0.05, 0) is 48.7 Å². The third kappa shape index (κ3) is 4.78. The van der Waals surface area contributed by atoms with Crippen molar-refractivity contribution in [3.63, 3.8) is 0 Å². The van der Waals surface area contributed by atoms with Crippen molar-refractivity contribution >= 4 is 16.7 Å². The highest BCUT2D eigenvalue weighted by molar-refractivity contribution is 5.84. The van der Waals surface area contributed by atoms with Crippen LogP contribution < -0.4 is 5.56 Å². The summed E-state index contributed by atoms with van der Waals surface area (Å²) in [7, 11) is 0. The van der Waals surface area contributed by atoms with Gasteiger partial charge in [0.1, 0.15) is 12.3 Å². The second-order valence-corrected chi connectivity index (χ2v) is 8.88. The molecule has 1 amide bonds. The molecule has 0 N–H and O–H groups in total. The van der Waals surface area contributed by atoms with Gasteiger partial charge in [-0.2, -0.15) is 5.10 Å². The Kier molecular flexibility index (Phi) is 6.51. The number of benzene rings is 1. The number of pyridine rings is 1. The van der Waals surface area contributed by atoms with Crippen molar-refractivity contribution in [2.45, 2.75) is 57.7 Å². The van der Waals surface area contributed by atoms with Crippen LogP contribution in [0.15, 0.2) is 76.4 Å². The number of amides is 1. The predicted molar refractivity (Wildman–Crippen MR) is 129 cm³/mol. The quantitative estimate of drug-likeness (QED) is 0.413. The van der Waals surface area contributed by atoms with E-state index in [0.717, 1.165) is 48.1 Å². The molecule has 0 saturated heterocycles. The molecular formula is C27H28N4O3. The topological polar surface area (TPSA) is 81.2 Å². The standard InChI is InChI=1S/C27H28N4O3/c32-26(30(18-22-9-6-16-34-22)21-7-2-1-3-8-21)19-31-27(33)24-11-5-4-10-23(24)25(29-31)17-20-12-14-28-15-13-20/h4-6,9-16,21H,1-3,7-8,17-19H2. The average Bonchev–Trinajstić information content (AvgIpc) is 3.40. The summed E-state index contributed by atoms with van der Waals surface area (Å²) in [5, 5.41) is 6.06. The predicted octanol–water partition coefficient (Wildman–Crippen LogP) is 4.34. The summed E-state index contributed by atoms with van der Waals surface area (Å²) in [5.41, 5.74) is 1.57. The number of nitrogens with zero attached hydrogens (tertiary/aromatic N) is 4. The minimum absolute atomic E-state index is 0.0930. The molecule has 0 radical (unpaired) electrons. The minimum atomic E-state index is -0.246. The van der Waals surface area contributed by atoms with Gasteiger partial charge in [0.05, 0.1) is 23.9 Å². The van der Waals surface area contributed by atoms with Crippen LogP contribution in [-0.4, -0.2) is 31.6 Å². The highest BCUT2D eigenvalue weighted by Crippen LogP contribution is 2.25. The van der Waals surface area contributed by atoms with E-state index in [1.807, 2.05) is 47.4 Å². The molecule has 3 aromatic heterocycles. The fraction of sp³-hybridized carbons (Fsp3) is 0.333. The first kappa shape index (κ1) is 22.1. The van der Waals surface area contributed by atoms with Crippen molar-refractivity contribution in [2.75, 3.05) is 0 Å². The summed E-state index contributed by atoms with van der Waals surface area (Å²) in [6.07, 6.45) is 11.0. The lowest BCUT2D eigenvalue weighted by Crippen LogP contribution is -2.44. The monoisotopic (exact) mass is 456 g/mol. The largest absolute Gasteiger partial charge is 0.467 e. The van der Waals surface area contributed by atoms with E-state index < -0.39 is 0 Å². The van der Waals surface area contributed by atoms with Gasteiger partial charge in [0, 0.05) is 30.2 Å². The lowest BCUT2D eigenvalue weighted by Gasteiger charge is -2.34. The summed E-state index contributed by atoms with van der Waals surface area (Å²) in [6, 6.07) is 15.2. The molecule has 1 aromatic carbocycles. The van der Waals surface area contributed by atoms with Crippen molar-refractivity contribution < 1.29 is 9.21 Å². The second-order valence-electron chi connectivity index (χ2n) is 8.88. The molecule has 4 aromatic rings. The van der Waals surface area contributed by atoms with E-state index in [4.69, 9.17) is 4.42 Å². The van der Waals surface area contributed by atoms with E-state index in [-0.39, 0.29) is 24.1 Å². The highest BCUT2D eigenvalue weighted by Gasteiger charge is 2.27. The Labute approximate surface area is 198 Å². The number of rotatable bonds is 7. The molecule has 1 fully saturated rings. The Morgan fingerprint density at radius 1 is 1.00 bits per heavy atom. The number of furan rings is 1. The Bertz CT molecular complexity index is 1310. The fourth-order valence-corrected chi connectivity index (χ4v) is 4.84. The molecule has 3 heterocycles. The van der Waals surface area contributed by atoms with E-state index >= 15 is 0 Å². The van der Waals surface area contributed by atoms with Crippen LogP contribution in [0.25, 0.3) is 10.8 Å². The van der Waals surface area contributed by atoms with E-state index in [2.05, 4.69) is 10.1 Å². The van der Waals surface area contributed by atoms with E-state index in [9.17, 15) is 9.59 Å². The van der Waals surface area contributed by atoms with E-state index in [0.29, 0.717) is 18.4 Å².